The van der Waals surface area contributed by atoms with Gasteiger partial charge < -0.3 is 91.5 Å². The predicted molar refractivity (Wildman–Crippen MR) is 619 cm³/mol. The molecule has 0 aromatic heterocycles. The zero-order valence-corrected chi connectivity index (χ0v) is 92.2. The molecule has 0 heterocycles. The molecule has 0 saturated heterocycles. The van der Waals surface area contributed by atoms with Gasteiger partial charge in [0.2, 0.25) is 40.6 Å². The van der Waals surface area contributed by atoms with Crippen molar-refractivity contribution < 1.29 is 105 Å². The van der Waals surface area contributed by atoms with E-state index in [0.717, 1.165) is 78.1 Å². The maximum Gasteiger partial charge on any atom is 0.248 e. The summed E-state index contributed by atoms with van der Waals surface area (Å²) in [5, 5.41) is 15.8. The Labute approximate surface area is 891 Å². The molecule has 0 atom stereocenters. The van der Waals surface area contributed by atoms with Crippen LogP contribution in [0.15, 0.2) is 231 Å². The van der Waals surface area contributed by atoms with E-state index >= 15 is 0 Å². The van der Waals surface area contributed by atoms with Crippen molar-refractivity contribution in [1.82, 2.24) is 0 Å². The molecule has 0 aliphatic carbocycles. The lowest BCUT2D eigenvalue weighted by molar-refractivity contribution is -0.114. The number of amides is 2. The number of ether oxygens (including phenoxy) is 16. The minimum atomic E-state index is -0.154. The van der Waals surface area contributed by atoms with Crippen LogP contribution in [0.3, 0.4) is 0 Å². The second kappa shape index (κ2) is 82.7. The summed E-state index contributed by atoms with van der Waals surface area (Å²) in [6.45, 7) is 29.1. The molecule has 0 fully saturated rings. The fraction of sp³-hybridized carbons (Fsp3) is 0.286. The van der Waals surface area contributed by atoms with Crippen LogP contribution in [0.1, 0.15) is 176 Å². The molecule has 0 spiro atoms. The Bertz CT molecular complexity index is 5750. The van der Waals surface area contributed by atoms with E-state index in [9.17, 15) is 29.1 Å². The lowest BCUT2D eigenvalue weighted by Crippen LogP contribution is -2.07. The Morgan fingerprint density at radius 2 is 0.493 bits per heavy atom. The Kier molecular flexibility index (Phi) is 78.8. The first-order valence-corrected chi connectivity index (χ1v) is 46.9. The largest absolute Gasteiger partial charge is 0.508 e. The summed E-state index contributed by atoms with van der Waals surface area (Å²) in [6, 6.07) is 52.5. The number of hydrogen-bond acceptors (Lipinski definition) is 22. The first kappa shape index (κ1) is 141. The zero-order valence-electron chi connectivity index (χ0n) is 92.2. The number of rotatable bonds is 39. The average molecular weight is 2010 g/mol. The van der Waals surface area contributed by atoms with Crippen LogP contribution < -0.4 is 86.4 Å². The van der Waals surface area contributed by atoms with Crippen LogP contribution in [0.5, 0.6) is 97.7 Å². The molecule has 0 unspecified atom stereocenters. The van der Waals surface area contributed by atoms with Crippen LogP contribution in [-0.4, -0.2) is 190 Å². The van der Waals surface area contributed by atoms with Gasteiger partial charge in [-0.3, -0.25) is 24.0 Å². The molecule has 0 saturated carbocycles. The van der Waals surface area contributed by atoms with E-state index in [1.54, 1.807) is 189 Å². The van der Waals surface area contributed by atoms with E-state index in [1.165, 1.54) is 18.2 Å². The number of carbonyl (C=O) groups is 5. The number of carbonyl (C=O) groups excluding carboxylic acids is 5. The van der Waals surface area contributed by atoms with E-state index in [-0.39, 0.29) is 89.8 Å². The normalized spacial score (nSPS) is 10.1. The average Bonchev–Trinajstić information content (AvgIpc) is 0.831. The summed E-state index contributed by atoms with van der Waals surface area (Å²) in [5.41, 5.74) is 13.0. The quantitative estimate of drug-likeness (QED) is 0.0183. The molecule has 24 nitrogen and oxygen atoms in total. The van der Waals surface area contributed by atoms with Gasteiger partial charge in [-0.15, -0.1) is 0 Å². The fourth-order valence-corrected chi connectivity index (χ4v) is 13.2. The Balaban J connectivity index is -0.000000558. The number of aromatic hydroxyl groups is 1. The van der Waals surface area contributed by atoms with Gasteiger partial charge in [0, 0.05) is 83.8 Å². The molecule has 10 aromatic carbocycles. The van der Waals surface area contributed by atoms with Gasteiger partial charge in [-0.1, -0.05) is 233 Å². The molecule has 148 heavy (non-hydrogen) atoms. The van der Waals surface area contributed by atoms with Crippen LogP contribution in [-0.2, 0) is 43.2 Å². The molecule has 10 rings (SSSR count). The summed E-state index contributed by atoms with van der Waals surface area (Å²) >= 11 is 0. The number of nitrogens with one attached hydrogen (secondary N) is 2. The second-order valence-corrected chi connectivity index (χ2v) is 28.2. The minimum absolute atomic E-state index is 0. The van der Waals surface area contributed by atoms with Crippen molar-refractivity contribution in [3.05, 3.63) is 303 Å². The van der Waals surface area contributed by atoms with E-state index in [2.05, 4.69) is 10.6 Å². The summed E-state index contributed by atoms with van der Waals surface area (Å²) < 4.78 is 85.9. The maximum atomic E-state index is 12.1. The van der Waals surface area contributed by atoms with Crippen molar-refractivity contribution in [3.63, 3.8) is 0 Å². The van der Waals surface area contributed by atoms with Crippen LogP contribution >= 0.6 is 0 Å². The van der Waals surface area contributed by atoms with Crippen molar-refractivity contribution in [3.8, 4) is 97.7 Å². The number of phenols is 1. The Morgan fingerprint density at radius 1 is 0.236 bits per heavy atom. The zero-order chi connectivity index (χ0) is 107. The lowest BCUT2D eigenvalue weighted by atomic mass is 9.99. The number of phenolic OH excluding ortho intramolecular Hbond substituents is 1. The maximum absolute atomic E-state index is 12.1. The lowest BCUT2D eigenvalue weighted by Gasteiger charge is -2.13. The molecule has 10 aromatic rings. The van der Waals surface area contributed by atoms with Crippen molar-refractivity contribution in [2.24, 2.45) is 0 Å². The number of ketones is 3. The van der Waals surface area contributed by atoms with Crippen molar-refractivity contribution >= 4 is 143 Å². The molecule has 783 valence electrons. The molecular weight excluding hydrogens is 1860 g/mol. The predicted octanol–water partition coefficient (Wildman–Crippen LogP) is 25.4. The standard InChI is InChI=1S/C23H26O5.C22H24O5.C22H24O4.2C21H23NO4.5C2H6.5B/c1-6-8-18(24)15-19-17(9-7-10-20(19)25-2)12-11-16-13-21(26-3)23(28-5)22(14-16)27-4;1-5-7-17(23)14-18-16(8-6-9-19(18)24)11-10-15-12-20(25-2)22(27-4)21(13-15)26-3;1-5-8-19(23)15-18-10-7-6-9-17(18)12-11-16-13-20(24-2)22(26-4)21(14-16)25-3;1-5-7-20(23)22-17-9-6-8-15(12-17)10-11-16-13-18(24-2)21(26-4)19(14-16)25-3;1-5-6-20(23)22-17-11-9-15(10-12-17)7-8-16-13-18(24-2)21(26-4)19(14-16)25-3;5*1-2;;;;;/h6-14H,15H2,1-5H3;5-13,24H,14H2,1-4H3;5-14H,15H2,1-4H3;2*5-14H,1-4H3,(H,22,23);5*1-2H3;;;;;/b8-6+,12-11-;7-5+,11-10-;8-5+,12-11-;7-5+,11-10-;6-5+,8-7-;;;;;;;;;;. The molecule has 2 amide bonds. The monoisotopic (exact) mass is 2010 g/mol. The third-order valence-electron chi connectivity index (χ3n) is 19.5. The van der Waals surface area contributed by atoms with Gasteiger partial charge in [-0.25, -0.2) is 0 Å². The molecule has 0 aliphatic heterocycles. The summed E-state index contributed by atoms with van der Waals surface area (Å²) in [7, 11) is 25.3. The Hall–Kier alpha value is -15.5. The Morgan fingerprint density at radius 3 is 0.811 bits per heavy atom. The van der Waals surface area contributed by atoms with Crippen LogP contribution in [0.25, 0.3) is 60.8 Å². The summed E-state index contributed by atoms with van der Waals surface area (Å²) in [5.74, 6) is 9.13. The highest BCUT2D eigenvalue weighted by Gasteiger charge is 2.20. The van der Waals surface area contributed by atoms with Crippen LogP contribution in [0, 0.1) is 0 Å². The number of methoxy groups -OCH3 is 16. The van der Waals surface area contributed by atoms with Gasteiger partial charge in [0.05, 0.1) is 114 Å². The highest BCUT2D eigenvalue weighted by Crippen LogP contribution is 2.44. The molecule has 29 heteroatoms. The topological polar surface area (TPSA) is 277 Å². The second-order valence-electron chi connectivity index (χ2n) is 28.2. The fourth-order valence-electron chi connectivity index (χ4n) is 13.2. The number of benzene rings is 10. The number of allylic oxidation sites excluding steroid dienone is 8. The van der Waals surface area contributed by atoms with Gasteiger partial charge in [-0.05, 0) is 223 Å². The summed E-state index contributed by atoms with van der Waals surface area (Å²) in [6.07, 6.45) is 36.3. The smallest absolute Gasteiger partial charge is 0.248 e. The molecule has 3 N–H and O–H groups in total. The molecule has 15 radical (unpaired) electrons. The molecule has 0 bridgehead atoms. The van der Waals surface area contributed by atoms with E-state index in [1.807, 2.05) is 302 Å². The van der Waals surface area contributed by atoms with Crippen LogP contribution in [0.4, 0.5) is 11.4 Å². The number of hydrogen-bond donors (Lipinski definition) is 3. The van der Waals surface area contributed by atoms with E-state index in [0.29, 0.717) is 104 Å². The SMILES string of the molecule is C/C=C/C(=O)Cc1c(/C=C\c2cc(OC)c(OC)c(OC)c2)cccc1OC.C/C=C/C(=O)Cc1c(O)cccc1/C=C\c1cc(OC)c(OC)c(OC)c1.C/C=C/C(=O)Cc1ccccc1/C=C\c1cc(OC)c(OC)c(OC)c1.C/C=C/C(=O)Nc1ccc(/C=C\c2cc(OC)c(OC)c(OC)c2)cc1.C/C=C/C(=O)Nc1cccc(/C=C\c2cc(OC)c(OC)c(OC)c2)c1.CC.CC.CC.CC.CC.[B].[B].[B].[B].[B]. The van der Waals surface area contributed by atoms with Gasteiger partial charge in [0.1, 0.15) is 11.5 Å². The first-order chi connectivity index (χ1) is 69.4. The van der Waals surface area contributed by atoms with Gasteiger partial charge in [0.25, 0.3) is 0 Å². The van der Waals surface area contributed by atoms with E-state index < -0.39 is 0 Å². The van der Waals surface area contributed by atoms with Crippen molar-refractivity contribution in [2.45, 2.75) is 123 Å². The third kappa shape index (κ3) is 47.1. The first-order valence-electron chi connectivity index (χ1n) is 46.9. The third-order valence-corrected chi connectivity index (χ3v) is 19.5. The van der Waals surface area contributed by atoms with Gasteiger partial charge >= 0.3 is 0 Å². The molecular formula is C119H150B5N2O22. The minimum Gasteiger partial charge on any atom is -0.508 e. The van der Waals surface area contributed by atoms with Crippen LogP contribution in [0.2, 0.25) is 0 Å². The van der Waals surface area contributed by atoms with Gasteiger partial charge in [-0.2, -0.15) is 0 Å². The summed E-state index contributed by atoms with van der Waals surface area (Å²) in [4.78, 5) is 59.2. The van der Waals surface area contributed by atoms with Crippen molar-refractivity contribution in [2.75, 3.05) is 124 Å². The highest BCUT2D eigenvalue weighted by atomic mass is 16.6. The number of anilines is 2. The molecule has 0 aliphatic rings. The van der Waals surface area contributed by atoms with Crippen molar-refractivity contribution in [1.29, 1.82) is 0 Å². The van der Waals surface area contributed by atoms with E-state index in [4.69, 9.17) is 75.8 Å². The highest BCUT2D eigenvalue weighted by molar-refractivity contribution is 6.00. The van der Waals surface area contributed by atoms with Gasteiger partial charge in [0.15, 0.2) is 74.8 Å².